The third kappa shape index (κ3) is 5.20. The third-order valence-corrected chi connectivity index (χ3v) is 6.81. The zero-order chi connectivity index (χ0) is 25.1. The molecule has 0 aromatic heterocycles. The van der Waals surface area contributed by atoms with Crippen LogP contribution in [0, 0.1) is 5.82 Å². The summed E-state index contributed by atoms with van der Waals surface area (Å²) in [6.07, 6.45) is 3.90. The van der Waals surface area contributed by atoms with Crippen molar-refractivity contribution >= 4 is 17.1 Å². The van der Waals surface area contributed by atoms with Gasteiger partial charge in [0.2, 0.25) is 11.7 Å². The Morgan fingerprint density at radius 1 is 1.11 bits per heavy atom. The quantitative estimate of drug-likeness (QED) is 0.604. The van der Waals surface area contributed by atoms with Crippen molar-refractivity contribution < 1.29 is 23.4 Å². The molecule has 1 aliphatic heterocycles. The Kier molecular flexibility index (Phi) is 7.45. The number of allylic oxidation sites excluding steroid dienone is 3. The molecule has 1 unspecified atom stereocenters. The number of hydrogen-bond donors (Lipinski definition) is 1. The highest BCUT2D eigenvalue weighted by atomic mass is 19.1. The van der Waals surface area contributed by atoms with E-state index in [0.29, 0.717) is 23.7 Å². The van der Waals surface area contributed by atoms with Gasteiger partial charge < -0.3 is 24.4 Å². The third-order valence-electron chi connectivity index (χ3n) is 6.81. The van der Waals surface area contributed by atoms with E-state index in [0.717, 1.165) is 52.9 Å². The van der Waals surface area contributed by atoms with Crippen LogP contribution in [0.5, 0.6) is 17.2 Å². The van der Waals surface area contributed by atoms with Gasteiger partial charge in [-0.15, -0.1) is 0 Å². The van der Waals surface area contributed by atoms with Gasteiger partial charge >= 0.3 is 0 Å². The van der Waals surface area contributed by atoms with E-state index in [4.69, 9.17) is 14.2 Å². The van der Waals surface area contributed by atoms with E-state index in [1.165, 1.54) is 12.1 Å². The van der Waals surface area contributed by atoms with Gasteiger partial charge in [0.25, 0.3) is 0 Å². The molecule has 186 valence electrons. The minimum atomic E-state index is -0.308. The zero-order valence-electron chi connectivity index (χ0n) is 21.0. The molecule has 2 aliphatic rings. The van der Waals surface area contributed by atoms with E-state index < -0.39 is 0 Å². The predicted molar refractivity (Wildman–Crippen MR) is 135 cm³/mol. The average Bonchev–Trinajstić information content (AvgIpc) is 3.36. The summed E-state index contributed by atoms with van der Waals surface area (Å²) in [6.45, 7) is 3.84. The number of benzene rings is 2. The molecule has 0 spiro atoms. The Morgan fingerprint density at radius 3 is 2.43 bits per heavy atom. The topological polar surface area (TPSA) is 60.0 Å². The summed E-state index contributed by atoms with van der Waals surface area (Å²) in [5, 5.41) is 3.14. The number of amides is 1. The molecule has 0 radical (unpaired) electrons. The second kappa shape index (κ2) is 10.5. The molecule has 6 nitrogen and oxygen atoms in total. The average molecular weight is 481 g/mol. The van der Waals surface area contributed by atoms with E-state index in [2.05, 4.69) is 23.3 Å². The van der Waals surface area contributed by atoms with Gasteiger partial charge in [-0.25, -0.2) is 4.39 Å². The van der Waals surface area contributed by atoms with Crippen LogP contribution < -0.4 is 19.5 Å². The molecule has 0 bridgehead atoms. The number of carbonyl (C=O) groups excluding carboxylic acids is 1. The van der Waals surface area contributed by atoms with Crippen LogP contribution in [0.2, 0.25) is 0 Å². The van der Waals surface area contributed by atoms with Crippen molar-refractivity contribution in [3.8, 4) is 17.2 Å². The first-order valence-corrected chi connectivity index (χ1v) is 11.8. The summed E-state index contributed by atoms with van der Waals surface area (Å²) in [4.78, 5) is 15.1. The Balaban J connectivity index is 1.62. The van der Waals surface area contributed by atoms with Crippen molar-refractivity contribution in [3.63, 3.8) is 0 Å². The zero-order valence-corrected chi connectivity index (χ0v) is 21.0. The van der Waals surface area contributed by atoms with Gasteiger partial charge in [0.15, 0.2) is 11.5 Å². The highest BCUT2D eigenvalue weighted by molar-refractivity contribution is 6.04. The van der Waals surface area contributed by atoms with Gasteiger partial charge in [-0.3, -0.25) is 4.79 Å². The molecule has 1 saturated heterocycles. The van der Waals surface area contributed by atoms with Crippen LogP contribution in [-0.4, -0.2) is 58.3 Å². The van der Waals surface area contributed by atoms with Crippen molar-refractivity contribution in [2.45, 2.75) is 32.2 Å². The maximum atomic E-state index is 14.2. The Bertz CT molecular complexity index is 1160. The molecule has 0 saturated carbocycles. The summed E-state index contributed by atoms with van der Waals surface area (Å²) in [6, 6.07) is 8.81. The predicted octanol–water partition coefficient (Wildman–Crippen LogP) is 4.48. The summed E-state index contributed by atoms with van der Waals surface area (Å²) in [5.41, 5.74) is 5.60. The van der Waals surface area contributed by atoms with E-state index in [-0.39, 0.29) is 24.2 Å². The van der Waals surface area contributed by atoms with Gasteiger partial charge in [0.05, 0.1) is 27.8 Å². The molecular formula is C28H33FN2O4. The largest absolute Gasteiger partial charge is 0.493 e. The molecule has 1 N–H and O–H groups in total. The summed E-state index contributed by atoms with van der Waals surface area (Å²) < 4.78 is 30.6. The van der Waals surface area contributed by atoms with E-state index in [1.807, 2.05) is 19.1 Å². The number of halogens is 1. The molecular weight excluding hydrogens is 447 g/mol. The number of methoxy groups -OCH3 is 3. The van der Waals surface area contributed by atoms with E-state index in [9.17, 15) is 9.18 Å². The maximum absolute atomic E-state index is 14.2. The van der Waals surface area contributed by atoms with Crippen LogP contribution in [0.15, 0.2) is 42.0 Å². The van der Waals surface area contributed by atoms with E-state index in [1.54, 1.807) is 27.4 Å². The lowest BCUT2D eigenvalue weighted by atomic mass is 10.00. The number of likely N-dealkylation sites (tertiary alicyclic amines) is 1. The summed E-state index contributed by atoms with van der Waals surface area (Å²) >= 11 is 0. The van der Waals surface area contributed by atoms with Crippen molar-refractivity contribution in [2.75, 3.05) is 41.5 Å². The van der Waals surface area contributed by atoms with Gasteiger partial charge in [-0.2, -0.15) is 0 Å². The lowest BCUT2D eigenvalue weighted by Gasteiger charge is -2.14. The molecule has 1 amide bonds. The molecule has 2 aromatic rings. The number of carbonyl (C=O) groups is 1. The van der Waals surface area contributed by atoms with Crippen molar-refractivity contribution in [1.29, 1.82) is 0 Å². The first-order valence-electron chi connectivity index (χ1n) is 11.8. The van der Waals surface area contributed by atoms with Crippen molar-refractivity contribution in [1.82, 2.24) is 10.2 Å². The lowest BCUT2D eigenvalue weighted by Crippen LogP contribution is -2.36. The second-order valence-corrected chi connectivity index (χ2v) is 9.14. The molecule has 7 heteroatoms. The number of fused-ring (bicyclic) bond motifs is 1. The lowest BCUT2D eigenvalue weighted by molar-refractivity contribution is -0.120. The number of likely N-dealkylation sites (N-methyl/N-ethyl adjacent to an activating group) is 1. The van der Waals surface area contributed by atoms with Crippen molar-refractivity contribution in [2.24, 2.45) is 0 Å². The van der Waals surface area contributed by atoms with Gasteiger partial charge in [0.1, 0.15) is 5.82 Å². The molecule has 1 fully saturated rings. The Hall–Kier alpha value is -3.32. The fourth-order valence-electron chi connectivity index (χ4n) is 5.02. The fraction of sp³-hybridized carbons (Fsp3) is 0.393. The van der Waals surface area contributed by atoms with Crippen LogP contribution in [0.3, 0.4) is 0 Å². The maximum Gasteiger partial charge on any atom is 0.224 e. The first-order chi connectivity index (χ1) is 16.8. The van der Waals surface area contributed by atoms with Crippen molar-refractivity contribution in [3.05, 3.63) is 64.5 Å². The number of rotatable bonds is 8. The number of nitrogens with zero attached hydrogens (tertiary/aromatic N) is 1. The van der Waals surface area contributed by atoms with Gasteiger partial charge in [-0.1, -0.05) is 12.1 Å². The Morgan fingerprint density at radius 2 is 1.83 bits per heavy atom. The first kappa shape index (κ1) is 24.8. The van der Waals surface area contributed by atoms with Crippen LogP contribution in [0.4, 0.5) is 4.39 Å². The molecule has 1 atom stereocenters. The summed E-state index contributed by atoms with van der Waals surface area (Å²) in [7, 11) is 6.82. The SMILES string of the molecule is COc1cc(C/C=C2/C(C)=C(CC(=O)NC3CCN(C)C3)c3cc(F)ccc32)cc(OC)c1OC. The van der Waals surface area contributed by atoms with Crippen LogP contribution in [0.1, 0.15) is 36.5 Å². The standard InChI is InChI=1S/C28H33FN2O4/c1-17-21(8-6-18-12-25(33-3)28(35-5)26(13-18)34-4)22-9-7-19(29)14-24(22)23(17)15-27(32)30-20-10-11-31(2)16-20/h7-9,12-14,20H,6,10-11,15-16H2,1-5H3,(H,30,32)/b21-8-. The number of ether oxygens (including phenoxy) is 3. The van der Waals surface area contributed by atoms with Crippen LogP contribution in [-0.2, 0) is 11.2 Å². The number of nitrogens with one attached hydrogen (secondary N) is 1. The van der Waals surface area contributed by atoms with Crippen LogP contribution in [0.25, 0.3) is 11.1 Å². The molecule has 1 aliphatic carbocycles. The second-order valence-electron chi connectivity index (χ2n) is 9.14. The van der Waals surface area contributed by atoms with Gasteiger partial charge in [0, 0.05) is 12.6 Å². The summed E-state index contributed by atoms with van der Waals surface area (Å²) in [5.74, 6) is 1.40. The minimum absolute atomic E-state index is 0.0271. The minimum Gasteiger partial charge on any atom is -0.493 e. The Labute approximate surface area is 206 Å². The molecule has 2 aromatic carbocycles. The molecule has 4 rings (SSSR count). The van der Waals surface area contributed by atoms with E-state index >= 15 is 0 Å². The molecule has 35 heavy (non-hydrogen) atoms. The molecule has 1 heterocycles. The highest BCUT2D eigenvalue weighted by Crippen LogP contribution is 2.44. The highest BCUT2D eigenvalue weighted by Gasteiger charge is 2.27. The van der Waals surface area contributed by atoms with Crippen LogP contribution >= 0.6 is 0 Å². The smallest absolute Gasteiger partial charge is 0.224 e. The normalized spacial score (nSPS) is 18.7. The fourth-order valence-corrected chi connectivity index (χ4v) is 5.02. The number of hydrogen-bond acceptors (Lipinski definition) is 5. The van der Waals surface area contributed by atoms with Gasteiger partial charge in [-0.05, 0) is 91.0 Å². The monoisotopic (exact) mass is 480 g/mol.